The maximum Gasteiger partial charge on any atom is 0.231 e. The first-order valence-electron chi connectivity index (χ1n) is 8.31. The Labute approximate surface area is 144 Å². The monoisotopic (exact) mass is 334 g/mol. The van der Waals surface area contributed by atoms with Crippen molar-refractivity contribution in [2.45, 2.75) is 52.9 Å². The van der Waals surface area contributed by atoms with Crippen LogP contribution < -0.4 is 11.5 Å². The lowest BCUT2D eigenvalue weighted by molar-refractivity contribution is -0.120. The zero-order valence-electron chi connectivity index (χ0n) is 15.2. The van der Waals surface area contributed by atoms with Crippen molar-refractivity contribution in [1.82, 2.24) is 9.80 Å². The molecule has 0 heterocycles. The molecule has 2 amide bonds. The summed E-state index contributed by atoms with van der Waals surface area (Å²) in [6.07, 6.45) is 0. The van der Waals surface area contributed by atoms with Crippen LogP contribution in [0.15, 0.2) is 24.3 Å². The summed E-state index contributed by atoms with van der Waals surface area (Å²) in [6, 6.07) is 8.68. The van der Waals surface area contributed by atoms with Crippen LogP contribution in [0.5, 0.6) is 0 Å². The molecule has 6 nitrogen and oxygen atoms in total. The quantitative estimate of drug-likeness (QED) is 0.669. The fourth-order valence-electron chi connectivity index (χ4n) is 2.46. The minimum absolute atomic E-state index is 0.240. The van der Waals surface area contributed by atoms with E-state index in [0.717, 1.165) is 11.1 Å². The van der Waals surface area contributed by atoms with Crippen LogP contribution in [0.1, 0.15) is 38.8 Å². The first kappa shape index (κ1) is 20.1. The molecule has 0 aliphatic heterocycles. The lowest BCUT2D eigenvalue weighted by atomic mass is 10.1. The Bertz CT molecular complexity index is 491. The van der Waals surface area contributed by atoms with E-state index in [2.05, 4.69) is 24.3 Å². The van der Waals surface area contributed by atoms with E-state index in [1.54, 1.807) is 0 Å². The number of hydrogen-bond donors (Lipinski definition) is 2. The normalized spacial score (nSPS) is 11.7. The van der Waals surface area contributed by atoms with Crippen molar-refractivity contribution < 1.29 is 9.59 Å². The molecular formula is C18H30N4O2. The van der Waals surface area contributed by atoms with Gasteiger partial charge >= 0.3 is 0 Å². The topological polar surface area (TPSA) is 92.7 Å². The van der Waals surface area contributed by atoms with Crippen LogP contribution in [0, 0.1) is 0 Å². The van der Waals surface area contributed by atoms with E-state index >= 15 is 0 Å². The van der Waals surface area contributed by atoms with Gasteiger partial charge < -0.3 is 11.5 Å². The SMILES string of the molecule is CC(C)N(CC(N)=O)Cc1ccc(CN(CC(N)=O)C(C)C)cc1. The molecule has 24 heavy (non-hydrogen) atoms. The van der Waals surface area contributed by atoms with E-state index in [9.17, 15) is 9.59 Å². The summed E-state index contributed by atoms with van der Waals surface area (Å²) in [5, 5.41) is 0. The molecule has 0 saturated carbocycles. The van der Waals surface area contributed by atoms with Crippen molar-refractivity contribution in [3.05, 3.63) is 35.4 Å². The largest absolute Gasteiger partial charge is 0.369 e. The first-order valence-corrected chi connectivity index (χ1v) is 8.31. The number of benzene rings is 1. The summed E-state index contributed by atoms with van der Waals surface area (Å²) in [5.74, 6) is -0.640. The molecule has 0 radical (unpaired) electrons. The second-order valence-electron chi connectivity index (χ2n) is 6.75. The van der Waals surface area contributed by atoms with Crippen LogP contribution in [-0.2, 0) is 22.7 Å². The third kappa shape index (κ3) is 7.10. The number of nitrogens with two attached hydrogens (primary N) is 2. The molecule has 0 unspecified atom stereocenters. The molecule has 0 atom stereocenters. The van der Waals surface area contributed by atoms with Crippen molar-refractivity contribution >= 4 is 11.8 Å². The van der Waals surface area contributed by atoms with Gasteiger partial charge in [-0.1, -0.05) is 24.3 Å². The van der Waals surface area contributed by atoms with Gasteiger partial charge in [-0.2, -0.15) is 0 Å². The predicted molar refractivity (Wildman–Crippen MR) is 95.9 cm³/mol. The number of carbonyl (C=O) groups excluding carboxylic acids is 2. The highest BCUT2D eigenvalue weighted by Gasteiger charge is 2.14. The van der Waals surface area contributed by atoms with Crippen LogP contribution in [0.4, 0.5) is 0 Å². The maximum atomic E-state index is 11.2. The number of carbonyl (C=O) groups is 2. The molecule has 1 aromatic rings. The zero-order chi connectivity index (χ0) is 18.3. The number of nitrogens with zero attached hydrogens (tertiary/aromatic N) is 2. The van der Waals surface area contributed by atoms with Gasteiger partial charge in [0.1, 0.15) is 0 Å². The second-order valence-corrected chi connectivity index (χ2v) is 6.75. The molecule has 0 aliphatic rings. The van der Waals surface area contributed by atoms with Gasteiger partial charge in [-0.3, -0.25) is 19.4 Å². The zero-order valence-corrected chi connectivity index (χ0v) is 15.2. The summed E-state index contributed by atoms with van der Waals surface area (Å²) in [4.78, 5) is 26.4. The minimum atomic E-state index is -0.320. The number of rotatable bonds is 10. The van der Waals surface area contributed by atoms with Gasteiger partial charge in [-0.15, -0.1) is 0 Å². The summed E-state index contributed by atoms with van der Waals surface area (Å²) in [6.45, 7) is 10.0. The van der Waals surface area contributed by atoms with Gasteiger partial charge in [0.2, 0.25) is 11.8 Å². The van der Waals surface area contributed by atoms with E-state index < -0.39 is 0 Å². The van der Waals surface area contributed by atoms with Gasteiger partial charge in [-0.25, -0.2) is 0 Å². The van der Waals surface area contributed by atoms with Gasteiger partial charge in [0.25, 0.3) is 0 Å². The Morgan fingerprint density at radius 2 is 1.08 bits per heavy atom. The van der Waals surface area contributed by atoms with Crippen LogP contribution in [-0.4, -0.2) is 46.8 Å². The van der Waals surface area contributed by atoms with Gasteiger partial charge in [0.15, 0.2) is 0 Å². The summed E-state index contributed by atoms with van der Waals surface area (Å²) < 4.78 is 0. The third-order valence-corrected chi connectivity index (χ3v) is 3.97. The molecule has 0 spiro atoms. The molecule has 0 bridgehead atoms. The van der Waals surface area contributed by atoms with Crippen molar-refractivity contribution in [2.24, 2.45) is 11.5 Å². The Hall–Kier alpha value is -1.92. The van der Waals surface area contributed by atoms with Gasteiger partial charge in [0, 0.05) is 25.2 Å². The van der Waals surface area contributed by atoms with Crippen molar-refractivity contribution in [2.75, 3.05) is 13.1 Å². The van der Waals surface area contributed by atoms with E-state index in [4.69, 9.17) is 11.5 Å². The van der Waals surface area contributed by atoms with Gasteiger partial charge in [-0.05, 0) is 38.8 Å². The molecule has 6 heteroatoms. The van der Waals surface area contributed by atoms with Gasteiger partial charge in [0.05, 0.1) is 13.1 Å². The molecule has 0 aromatic heterocycles. The molecule has 1 rings (SSSR count). The van der Waals surface area contributed by atoms with E-state index in [0.29, 0.717) is 13.1 Å². The smallest absolute Gasteiger partial charge is 0.231 e. The summed E-state index contributed by atoms with van der Waals surface area (Å²) in [7, 11) is 0. The molecule has 0 saturated heterocycles. The molecule has 134 valence electrons. The van der Waals surface area contributed by atoms with Crippen molar-refractivity contribution in [1.29, 1.82) is 0 Å². The van der Waals surface area contributed by atoms with E-state index in [1.807, 2.05) is 37.5 Å². The summed E-state index contributed by atoms with van der Waals surface area (Å²) in [5.41, 5.74) is 12.9. The Morgan fingerprint density at radius 1 is 0.792 bits per heavy atom. The fraction of sp³-hybridized carbons (Fsp3) is 0.556. The Balaban J connectivity index is 2.73. The number of amides is 2. The minimum Gasteiger partial charge on any atom is -0.369 e. The molecule has 4 N–H and O–H groups in total. The number of primary amides is 2. The Morgan fingerprint density at radius 3 is 1.29 bits per heavy atom. The van der Waals surface area contributed by atoms with Crippen molar-refractivity contribution in [3.8, 4) is 0 Å². The molecule has 0 fully saturated rings. The third-order valence-electron chi connectivity index (χ3n) is 3.97. The first-order chi connectivity index (χ1) is 11.2. The van der Waals surface area contributed by atoms with Crippen LogP contribution in [0.3, 0.4) is 0 Å². The molecule has 1 aromatic carbocycles. The lowest BCUT2D eigenvalue weighted by Crippen LogP contribution is -2.38. The van der Waals surface area contributed by atoms with E-state index in [1.165, 1.54) is 0 Å². The maximum absolute atomic E-state index is 11.2. The van der Waals surface area contributed by atoms with Crippen LogP contribution in [0.25, 0.3) is 0 Å². The number of hydrogen-bond acceptors (Lipinski definition) is 4. The molecular weight excluding hydrogens is 304 g/mol. The standard InChI is InChI=1S/C18H30N4O2/c1-13(2)21(11-17(19)23)9-15-5-7-16(8-6-15)10-22(14(3)4)12-18(20)24/h5-8,13-14H,9-12H2,1-4H3,(H2,19,23)(H2,20,24). The lowest BCUT2D eigenvalue weighted by Gasteiger charge is -2.26. The predicted octanol–water partition coefficient (Wildman–Crippen LogP) is 1.08. The van der Waals surface area contributed by atoms with E-state index in [-0.39, 0.29) is 37.0 Å². The highest BCUT2D eigenvalue weighted by atomic mass is 16.1. The van der Waals surface area contributed by atoms with Crippen molar-refractivity contribution in [3.63, 3.8) is 0 Å². The molecule has 0 aliphatic carbocycles. The second kappa shape index (κ2) is 9.39. The van der Waals surface area contributed by atoms with Crippen LogP contribution in [0.2, 0.25) is 0 Å². The average Bonchev–Trinajstić information content (AvgIpc) is 2.46. The highest BCUT2D eigenvalue weighted by Crippen LogP contribution is 2.13. The Kier molecular flexibility index (Phi) is 7.88. The highest BCUT2D eigenvalue weighted by molar-refractivity contribution is 5.76. The van der Waals surface area contributed by atoms with Crippen LogP contribution >= 0.6 is 0 Å². The fourth-order valence-corrected chi connectivity index (χ4v) is 2.46. The summed E-state index contributed by atoms with van der Waals surface area (Å²) >= 11 is 0. The average molecular weight is 334 g/mol.